The molecule has 11 aromatic rings. The molecular formula is C50H31NOS. The van der Waals surface area contributed by atoms with Gasteiger partial charge in [-0.2, -0.15) is 0 Å². The number of nitrogens with zero attached hydrogens (tertiary/aromatic N) is 1. The Hall–Kier alpha value is -6.68. The molecule has 9 aromatic carbocycles. The SMILES string of the molecule is c1ccc(-c2ccc(N(c3ccc(-c4ccc5ccc6ccccc6c5c4)cc3)c3cccc4c3sc3ccccc34)c3c2oc2ccccc23)cc1. The molecule has 0 N–H and O–H groups in total. The number of rotatable bonds is 5. The van der Waals surface area contributed by atoms with Gasteiger partial charge < -0.3 is 9.32 Å². The van der Waals surface area contributed by atoms with Gasteiger partial charge in [-0.05, 0) is 86.8 Å². The molecule has 0 unspecified atom stereocenters. The minimum Gasteiger partial charge on any atom is -0.455 e. The summed E-state index contributed by atoms with van der Waals surface area (Å²) in [4.78, 5) is 2.44. The zero-order valence-corrected chi connectivity index (χ0v) is 29.5. The Morgan fingerprint density at radius 1 is 0.415 bits per heavy atom. The highest BCUT2D eigenvalue weighted by Gasteiger charge is 2.24. The van der Waals surface area contributed by atoms with E-state index in [2.05, 4.69) is 193 Å². The fourth-order valence-corrected chi connectivity index (χ4v) is 9.35. The van der Waals surface area contributed by atoms with E-state index in [-0.39, 0.29) is 0 Å². The maximum absolute atomic E-state index is 6.75. The Balaban J connectivity index is 1.15. The first-order valence-corrected chi connectivity index (χ1v) is 18.8. The maximum Gasteiger partial charge on any atom is 0.145 e. The van der Waals surface area contributed by atoms with E-state index < -0.39 is 0 Å². The van der Waals surface area contributed by atoms with Crippen LogP contribution in [-0.4, -0.2) is 0 Å². The van der Waals surface area contributed by atoms with Crippen LogP contribution in [0.4, 0.5) is 17.1 Å². The highest BCUT2D eigenvalue weighted by Crippen LogP contribution is 2.49. The molecule has 53 heavy (non-hydrogen) atoms. The number of thiophene rings is 1. The van der Waals surface area contributed by atoms with Crippen LogP contribution in [0.5, 0.6) is 0 Å². The normalized spacial score (nSPS) is 11.8. The van der Waals surface area contributed by atoms with Gasteiger partial charge in [0, 0.05) is 32.1 Å². The zero-order valence-electron chi connectivity index (χ0n) is 28.7. The first kappa shape index (κ1) is 30.0. The van der Waals surface area contributed by atoms with Gasteiger partial charge >= 0.3 is 0 Å². The fourth-order valence-electron chi connectivity index (χ4n) is 8.14. The lowest BCUT2D eigenvalue weighted by atomic mass is 9.97. The lowest BCUT2D eigenvalue weighted by molar-refractivity contribution is 0.670. The number of hydrogen-bond donors (Lipinski definition) is 0. The molecule has 0 aliphatic rings. The Labute approximate surface area is 310 Å². The summed E-state index contributed by atoms with van der Waals surface area (Å²) in [5.41, 5.74) is 9.69. The lowest BCUT2D eigenvalue weighted by Crippen LogP contribution is -2.10. The molecule has 0 saturated carbocycles. The highest BCUT2D eigenvalue weighted by atomic mass is 32.1. The van der Waals surface area contributed by atoms with Crippen molar-refractivity contribution in [1.82, 2.24) is 0 Å². The van der Waals surface area contributed by atoms with E-state index in [1.165, 1.54) is 52.8 Å². The third-order valence-corrected chi connectivity index (χ3v) is 11.9. The topological polar surface area (TPSA) is 16.4 Å². The van der Waals surface area contributed by atoms with Crippen molar-refractivity contribution in [2.45, 2.75) is 0 Å². The van der Waals surface area contributed by atoms with E-state index in [4.69, 9.17) is 4.42 Å². The Morgan fingerprint density at radius 2 is 1.09 bits per heavy atom. The lowest BCUT2D eigenvalue weighted by Gasteiger charge is -2.27. The van der Waals surface area contributed by atoms with Crippen molar-refractivity contribution in [3.8, 4) is 22.3 Å². The van der Waals surface area contributed by atoms with Crippen LogP contribution in [0.25, 0.3) is 85.9 Å². The molecule has 0 radical (unpaired) electrons. The molecule has 2 nitrogen and oxygen atoms in total. The van der Waals surface area contributed by atoms with Crippen LogP contribution >= 0.6 is 11.3 Å². The van der Waals surface area contributed by atoms with E-state index in [1.54, 1.807) is 0 Å². The van der Waals surface area contributed by atoms with Gasteiger partial charge in [-0.15, -0.1) is 11.3 Å². The second-order valence-corrected chi connectivity index (χ2v) is 14.7. The average Bonchev–Trinajstić information content (AvgIpc) is 3.81. The molecule has 0 spiro atoms. The summed E-state index contributed by atoms with van der Waals surface area (Å²) in [7, 11) is 0. The monoisotopic (exact) mass is 693 g/mol. The second-order valence-electron chi connectivity index (χ2n) is 13.7. The van der Waals surface area contributed by atoms with Crippen LogP contribution in [0, 0.1) is 0 Å². The van der Waals surface area contributed by atoms with Crippen molar-refractivity contribution in [2.24, 2.45) is 0 Å². The van der Waals surface area contributed by atoms with Crippen LogP contribution in [0.2, 0.25) is 0 Å². The molecule has 0 amide bonds. The Bertz CT molecular complexity index is 3170. The minimum atomic E-state index is 0.881. The van der Waals surface area contributed by atoms with E-state index in [0.29, 0.717) is 0 Å². The van der Waals surface area contributed by atoms with Gasteiger partial charge in [0.2, 0.25) is 0 Å². The third kappa shape index (κ3) is 4.78. The quantitative estimate of drug-likeness (QED) is 0.167. The van der Waals surface area contributed by atoms with Gasteiger partial charge in [0.05, 0.1) is 21.5 Å². The van der Waals surface area contributed by atoms with Crippen LogP contribution in [0.3, 0.4) is 0 Å². The molecule has 0 aliphatic heterocycles. The third-order valence-electron chi connectivity index (χ3n) is 10.7. The van der Waals surface area contributed by atoms with E-state index in [9.17, 15) is 0 Å². The molecule has 0 aliphatic carbocycles. The van der Waals surface area contributed by atoms with Crippen LogP contribution in [0.1, 0.15) is 0 Å². The highest BCUT2D eigenvalue weighted by molar-refractivity contribution is 7.26. The molecule has 248 valence electrons. The van der Waals surface area contributed by atoms with Crippen LogP contribution in [-0.2, 0) is 0 Å². The van der Waals surface area contributed by atoms with Gasteiger partial charge in [0.15, 0.2) is 0 Å². The molecule has 11 rings (SSSR count). The van der Waals surface area contributed by atoms with E-state index >= 15 is 0 Å². The van der Waals surface area contributed by atoms with Gasteiger partial charge in [-0.3, -0.25) is 0 Å². The summed E-state index contributed by atoms with van der Waals surface area (Å²) >= 11 is 1.85. The van der Waals surface area contributed by atoms with Crippen molar-refractivity contribution >= 4 is 92.1 Å². The number of hydrogen-bond acceptors (Lipinski definition) is 3. The molecular weight excluding hydrogens is 663 g/mol. The predicted molar refractivity (Wildman–Crippen MR) is 227 cm³/mol. The molecule has 2 aromatic heterocycles. The number of benzene rings is 9. The van der Waals surface area contributed by atoms with Crippen LogP contribution < -0.4 is 4.90 Å². The molecule has 0 saturated heterocycles. The van der Waals surface area contributed by atoms with Gasteiger partial charge in [0.1, 0.15) is 11.2 Å². The Morgan fingerprint density at radius 3 is 1.96 bits per heavy atom. The first-order chi connectivity index (χ1) is 26.3. The summed E-state index contributed by atoms with van der Waals surface area (Å²) in [6.45, 7) is 0. The zero-order chi connectivity index (χ0) is 34.9. The van der Waals surface area contributed by atoms with Crippen molar-refractivity contribution in [3.05, 3.63) is 188 Å². The molecule has 2 heterocycles. The first-order valence-electron chi connectivity index (χ1n) is 18.0. The van der Waals surface area contributed by atoms with E-state index in [0.717, 1.165) is 50.1 Å². The number of para-hydroxylation sites is 1. The van der Waals surface area contributed by atoms with Crippen molar-refractivity contribution in [3.63, 3.8) is 0 Å². The van der Waals surface area contributed by atoms with Crippen molar-refractivity contribution in [1.29, 1.82) is 0 Å². The van der Waals surface area contributed by atoms with Gasteiger partial charge in [0.25, 0.3) is 0 Å². The van der Waals surface area contributed by atoms with Gasteiger partial charge in [-0.25, -0.2) is 0 Å². The maximum atomic E-state index is 6.75. The van der Waals surface area contributed by atoms with E-state index in [1.807, 2.05) is 11.3 Å². The van der Waals surface area contributed by atoms with Crippen molar-refractivity contribution < 1.29 is 4.42 Å². The summed E-state index contributed by atoms with van der Waals surface area (Å²) in [5.74, 6) is 0. The number of fused-ring (bicyclic) bond motifs is 9. The largest absolute Gasteiger partial charge is 0.455 e. The fraction of sp³-hybridized carbons (Fsp3) is 0. The average molecular weight is 694 g/mol. The molecule has 0 atom stereocenters. The summed E-state index contributed by atoms with van der Waals surface area (Å²) in [5, 5.41) is 9.82. The second kappa shape index (κ2) is 11.9. The molecule has 3 heteroatoms. The predicted octanol–water partition coefficient (Wildman–Crippen LogP) is 15.1. The number of furan rings is 1. The minimum absolute atomic E-state index is 0.881. The summed E-state index contributed by atoms with van der Waals surface area (Å²) < 4.78 is 9.30. The number of anilines is 3. The summed E-state index contributed by atoms with van der Waals surface area (Å²) in [6.07, 6.45) is 0. The van der Waals surface area contributed by atoms with Crippen LogP contribution in [0.15, 0.2) is 192 Å². The summed E-state index contributed by atoms with van der Waals surface area (Å²) in [6, 6.07) is 67.9. The molecule has 0 bridgehead atoms. The van der Waals surface area contributed by atoms with Gasteiger partial charge in [-0.1, -0.05) is 140 Å². The smallest absolute Gasteiger partial charge is 0.145 e. The van der Waals surface area contributed by atoms with Crippen molar-refractivity contribution in [2.75, 3.05) is 4.90 Å². The molecule has 0 fully saturated rings. The standard InChI is InChI=1S/C50H31NOS/c1-2-11-33(12-3-1)39-29-30-44(48-42-16-6-8-19-46(42)52-49(39)48)51(45-18-10-17-41-40-15-7-9-20-47(40)53-50(41)45)37-27-25-32(26-28-37)36-24-23-35-22-21-34-13-4-5-14-38(34)43(35)31-36/h1-31H. The Kier molecular flexibility index (Phi) is 6.76.